The Kier molecular flexibility index (Phi) is 5.00. The number of nitrogens with zero attached hydrogens (tertiary/aromatic N) is 2. The first-order valence-electron chi connectivity index (χ1n) is 6.93. The van der Waals surface area contributed by atoms with E-state index in [1.807, 2.05) is 24.3 Å². The van der Waals surface area contributed by atoms with E-state index in [1.54, 1.807) is 13.1 Å². The molecule has 0 bridgehead atoms. The summed E-state index contributed by atoms with van der Waals surface area (Å²) < 4.78 is 0. The molecule has 0 aliphatic carbocycles. The molecule has 0 aliphatic heterocycles. The maximum absolute atomic E-state index is 12.1. The van der Waals surface area contributed by atoms with Gasteiger partial charge in [0.05, 0.1) is 24.5 Å². The van der Waals surface area contributed by atoms with Gasteiger partial charge in [-0.3, -0.25) is 9.78 Å². The zero-order valence-electron chi connectivity index (χ0n) is 12.2. The van der Waals surface area contributed by atoms with Gasteiger partial charge >= 0.3 is 0 Å². The molecule has 5 heteroatoms. The van der Waals surface area contributed by atoms with Crippen LogP contribution in [0.15, 0.2) is 36.7 Å². The molecule has 2 rings (SSSR count). The standard InChI is InChI=1S/C16H19N3O2/c1-3-12-4-6-13(7-5-12)15(10-20)19-16(21)14-9-17-11(2)8-18-14/h4-9,15,20H,3,10H2,1-2H3,(H,19,21). The molecule has 1 atom stereocenters. The summed E-state index contributed by atoms with van der Waals surface area (Å²) in [6.45, 7) is 3.72. The Balaban J connectivity index is 2.10. The fourth-order valence-electron chi connectivity index (χ4n) is 1.96. The number of rotatable bonds is 5. The molecule has 0 radical (unpaired) electrons. The van der Waals surface area contributed by atoms with Gasteiger partial charge in [-0.2, -0.15) is 0 Å². The molecule has 1 heterocycles. The van der Waals surface area contributed by atoms with E-state index < -0.39 is 6.04 Å². The third-order valence-corrected chi connectivity index (χ3v) is 3.29. The molecule has 0 saturated heterocycles. The maximum atomic E-state index is 12.1. The Labute approximate surface area is 124 Å². The first-order chi connectivity index (χ1) is 10.1. The zero-order chi connectivity index (χ0) is 15.2. The van der Waals surface area contributed by atoms with Crippen molar-refractivity contribution in [1.82, 2.24) is 15.3 Å². The summed E-state index contributed by atoms with van der Waals surface area (Å²) in [5.41, 5.74) is 3.07. The molecule has 1 aromatic carbocycles. The second kappa shape index (κ2) is 6.95. The molecule has 0 fully saturated rings. The van der Waals surface area contributed by atoms with Gasteiger partial charge < -0.3 is 10.4 Å². The van der Waals surface area contributed by atoms with Crippen LogP contribution in [0.25, 0.3) is 0 Å². The largest absolute Gasteiger partial charge is 0.394 e. The predicted molar refractivity (Wildman–Crippen MR) is 79.9 cm³/mol. The van der Waals surface area contributed by atoms with E-state index in [2.05, 4.69) is 22.2 Å². The first-order valence-corrected chi connectivity index (χ1v) is 6.93. The molecule has 1 amide bonds. The van der Waals surface area contributed by atoms with Gasteiger partial charge in [-0.15, -0.1) is 0 Å². The minimum Gasteiger partial charge on any atom is -0.394 e. The van der Waals surface area contributed by atoms with E-state index in [1.165, 1.54) is 11.8 Å². The van der Waals surface area contributed by atoms with E-state index in [9.17, 15) is 9.90 Å². The Hall–Kier alpha value is -2.27. The number of benzene rings is 1. The lowest BCUT2D eigenvalue weighted by Crippen LogP contribution is -2.31. The van der Waals surface area contributed by atoms with Crippen LogP contribution in [0.4, 0.5) is 0 Å². The summed E-state index contributed by atoms with van der Waals surface area (Å²) in [6, 6.07) is 7.37. The second-order valence-electron chi connectivity index (χ2n) is 4.85. The third kappa shape index (κ3) is 3.86. The van der Waals surface area contributed by atoms with Crippen molar-refractivity contribution in [3.8, 4) is 0 Å². The predicted octanol–water partition coefficient (Wildman–Crippen LogP) is 1.81. The number of amides is 1. The minimum absolute atomic E-state index is 0.170. The molecule has 21 heavy (non-hydrogen) atoms. The zero-order valence-corrected chi connectivity index (χ0v) is 12.2. The van der Waals surface area contributed by atoms with E-state index >= 15 is 0 Å². The summed E-state index contributed by atoms with van der Waals surface area (Å²) in [6.07, 6.45) is 3.92. The summed E-state index contributed by atoms with van der Waals surface area (Å²) in [7, 11) is 0. The lowest BCUT2D eigenvalue weighted by molar-refractivity contribution is 0.0910. The molecule has 5 nitrogen and oxygen atoms in total. The van der Waals surface area contributed by atoms with Crippen LogP contribution in [0.3, 0.4) is 0 Å². The van der Waals surface area contributed by atoms with Crippen LogP contribution in [0, 0.1) is 6.92 Å². The normalized spacial score (nSPS) is 12.0. The highest BCUT2D eigenvalue weighted by atomic mass is 16.3. The van der Waals surface area contributed by atoms with Gasteiger partial charge in [0.15, 0.2) is 0 Å². The van der Waals surface area contributed by atoms with Crippen LogP contribution in [-0.4, -0.2) is 27.6 Å². The molecule has 2 N–H and O–H groups in total. The van der Waals surface area contributed by atoms with Crippen molar-refractivity contribution in [2.75, 3.05) is 6.61 Å². The second-order valence-corrected chi connectivity index (χ2v) is 4.85. The molecule has 110 valence electrons. The van der Waals surface area contributed by atoms with Crippen LogP contribution >= 0.6 is 0 Å². The van der Waals surface area contributed by atoms with E-state index in [4.69, 9.17) is 0 Å². The molecule has 0 aliphatic rings. The number of aliphatic hydroxyl groups is 1. The molecular weight excluding hydrogens is 266 g/mol. The quantitative estimate of drug-likeness (QED) is 0.878. The van der Waals surface area contributed by atoms with E-state index in [0.717, 1.165) is 17.7 Å². The van der Waals surface area contributed by atoms with Gasteiger partial charge in [-0.25, -0.2) is 4.98 Å². The van der Waals surface area contributed by atoms with Crippen LogP contribution < -0.4 is 5.32 Å². The summed E-state index contributed by atoms with van der Waals surface area (Å²) in [5.74, 6) is -0.346. The molecule has 0 spiro atoms. The van der Waals surface area contributed by atoms with Crippen molar-refractivity contribution in [2.45, 2.75) is 26.3 Å². The molecule has 2 aromatic rings. The summed E-state index contributed by atoms with van der Waals surface area (Å²) in [4.78, 5) is 20.2. The van der Waals surface area contributed by atoms with Gasteiger partial charge in [-0.05, 0) is 24.5 Å². The highest BCUT2D eigenvalue weighted by molar-refractivity contribution is 5.92. The van der Waals surface area contributed by atoms with Crippen LogP contribution in [-0.2, 0) is 6.42 Å². The van der Waals surface area contributed by atoms with Crippen molar-refractivity contribution in [1.29, 1.82) is 0 Å². The Morgan fingerprint density at radius 3 is 2.48 bits per heavy atom. The topological polar surface area (TPSA) is 75.1 Å². The maximum Gasteiger partial charge on any atom is 0.272 e. The van der Waals surface area contributed by atoms with Crippen LogP contribution in [0.1, 0.15) is 40.3 Å². The van der Waals surface area contributed by atoms with Crippen LogP contribution in [0.2, 0.25) is 0 Å². The Morgan fingerprint density at radius 2 is 1.95 bits per heavy atom. The highest BCUT2D eigenvalue weighted by Gasteiger charge is 2.16. The number of nitrogens with one attached hydrogen (secondary N) is 1. The number of hydrogen-bond donors (Lipinski definition) is 2. The van der Waals surface area contributed by atoms with Crippen LogP contribution in [0.5, 0.6) is 0 Å². The molecule has 0 saturated carbocycles. The van der Waals surface area contributed by atoms with E-state index in [0.29, 0.717) is 0 Å². The average Bonchev–Trinajstić information content (AvgIpc) is 2.53. The molecule has 1 aromatic heterocycles. The monoisotopic (exact) mass is 285 g/mol. The molecule has 1 unspecified atom stereocenters. The summed E-state index contributed by atoms with van der Waals surface area (Å²) >= 11 is 0. The fourth-order valence-corrected chi connectivity index (χ4v) is 1.96. The number of aliphatic hydroxyl groups excluding tert-OH is 1. The number of hydrogen-bond acceptors (Lipinski definition) is 4. The lowest BCUT2D eigenvalue weighted by Gasteiger charge is -2.16. The van der Waals surface area contributed by atoms with Crippen molar-refractivity contribution < 1.29 is 9.90 Å². The number of aromatic nitrogens is 2. The lowest BCUT2D eigenvalue weighted by atomic mass is 10.0. The smallest absolute Gasteiger partial charge is 0.272 e. The van der Waals surface area contributed by atoms with Gasteiger partial charge in [0.25, 0.3) is 5.91 Å². The molecular formula is C16H19N3O2. The third-order valence-electron chi connectivity index (χ3n) is 3.29. The fraction of sp³-hybridized carbons (Fsp3) is 0.312. The van der Waals surface area contributed by atoms with Gasteiger partial charge in [0.2, 0.25) is 0 Å². The van der Waals surface area contributed by atoms with E-state index in [-0.39, 0.29) is 18.2 Å². The highest BCUT2D eigenvalue weighted by Crippen LogP contribution is 2.14. The SMILES string of the molecule is CCc1ccc(C(CO)NC(=O)c2cnc(C)cn2)cc1. The Bertz CT molecular complexity index is 594. The minimum atomic E-state index is -0.452. The van der Waals surface area contributed by atoms with Gasteiger partial charge in [-0.1, -0.05) is 31.2 Å². The van der Waals surface area contributed by atoms with Gasteiger partial charge in [0, 0.05) is 6.20 Å². The average molecular weight is 285 g/mol. The van der Waals surface area contributed by atoms with Crippen molar-refractivity contribution in [2.24, 2.45) is 0 Å². The summed E-state index contributed by atoms with van der Waals surface area (Å²) in [5, 5.41) is 12.3. The van der Waals surface area contributed by atoms with Crippen molar-refractivity contribution >= 4 is 5.91 Å². The first kappa shape index (κ1) is 15.1. The number of carbonyl (C=O) groups is 1. The van der Waals surface area contributed by atoms with Crippen molar-refractivity contribution in [3.63, 3.8) is 0 Å². The van der Waals surface area contributed by atoms with Crippen molar-refractivity contribution in [3.05, 3.63) is 59.2 Å². The number of aryl methyl sites for hydroxylation is 2. The van der Waals surface area contributed by atoms with Gasteiger partial charge in [0.1, 0.15) is 5.69 Å². The number of carbonyl (C=O) groups excluding carboxylic acids is 1. The Morgan fingerprint density at radius 1 is 1.24 bits per heavy atom.